The van der Waals surface area contributed by atoms with E-state index in [1.807, 2.05) is 0 Å². The molecule has 4 unspecified atom stereocenters. The van der Waals surface area contributed by atoms with E-state index in [1.165, 1.54) is 0 Å². The molecule has 0 aromatic rings. The van der Waals surface area contributed by atoms with E-state index >= 15 is 0 Å². The molecule has 0 bridgehead atoms. The summed E-state index contributed by atoms with van der Waals surface area (Å²) in [5.41, 5.74) is 0. The largest absolute Gasteiger partial charge is 0.393 e. The lowest BCUT2D eigenvalue weighted by Crippen LogP contribution is -2.46. The molecule has 0 amide bonds. The van der Waals surface area contributed by atoms with Gasteiger partial charge in [0.15, 0.2) is 0 Å². The van der Waals surface area contributed by atoms with Crippen molar-refractivity contribution in [3.63, 3.8) is 0 Å². The number of aliphatic hydroxyl groups is 1. The number of alkyl halides is 2. The molecule has 1 heterocycles. The minimum atomic E-state index is -0.935. The number of hydrogen-bond acceptors (Lipinski definition) is 2. The first-order valence-electron chi connectivity index (χ1n) is 5.87. The van der Waals surface area contributed by atoms with Crippen LogP contribution in [0.25, 0.3) is 0 Å². The molecule has 2 N–H and O–H groups in total. The molecule has 88 valence electrons. The van der Waals surface area contributed by atoms with Crippen LogP contribution in [-0.2, 0) is 0 Å². The van der Waals surface area contributed by atoms with Crippen LogP contribution in [0.2, 0.25) is 0 Å². The van der Waals surface area contributed by atoms with Crippen molar-refractivity contribution < 1.29 is 9.50 Å². The minimum Gasteiger partial charge on any atom is -0.393 e. The van der Waals surface area contributed by atoms with E-state index in [9.17, 15) is 9.50 Å². The van der Waals surface area contributed by atoms with Gasteiger partial charge in [0, 0.05) is 5.92 Å². The molecule has 2 aliphatic rings. The van der Waals surface area contributed by atoms with Crippen LogP contribution in [0.4, 0.5) is 4.39 Å². The van der Waals surface area contributed by atoms with Crippen molar-refractivity contribution in [1.29, 1.82) is 0 Å². The van der Waals surface area contributed by atoms with Crippen LogP contribution in [0, 0.1) is 11.8 Å². The van der Waals surface area contributed by atoms with E-state index in [4.69, 9.17) is 11.6 Å². The van der Waals surface area contributed by atoms with Crippen molar-refractivity contribution in [2.45, 2.75) is 43.3 Å². The van der Waals surface area contributed by atoms with Crippen LogP contribution < -0.4 is 5.32 Å². The van der Waals surface area contributed by atoms with Gasteiger partial charge in [0.2, 0.25) is 0 Å². The average molecular weight is 236 g/mol. The number of rotatable bonds is 1. The highest BCUT2D eigenvalue weighted by atomic mass is 35.5. The zero-order valence-corrected chi connectivity index (χ0v) is 9.59. The zero-order valence-electron chi connectivity index (χ0n) is 8.83. The number of hydrogen-bond donors (Lipinski definition) is 2. The topological polar surface area (TPSA) is 32.3 Å². The van der Waals surface area contributed by atoms with Gasteiger partial charge in [0.05, 0.1) is 11.5 Å². The molecule has 15 heavy (non-hydrogen) atoms. The Morgan fingerprint density at radius 3 is 2.47 bits per heavy atom. The molecule has 0 radical (unpaired) electrons. The van der Waals surface area contributed by atoms with E-state index in [2.05, 4.69) is 5.32 Å². The van der Waals surface area contributed by atoms with Gasteiger partial charge in [-0.1, -0.05) is 0 Å². The van der Waals surface area contributed by atoms with E-state index in [0.29, 0.717) is 18.8 Å². The lowest BCUT2D eigenvalue weighted by Gasteiger charge is -2.41. The Labute approximate surface area is 95.2 Å². The molecule has 1 aliphatic carbocycles. The third-order valence-electron chi connectivity index (χ3n) is 3.82. The molecule has 0 aromatic carbocycles. The van der Waals surface area contributed by atoms with Crippen molar-refractivity contribution in [1.82, 2.24) is 5.32 Å². The molecule has 0 spiro atoms. The molecule has 0 aromatic heterocycles. The fourth-order valence-corrected chi connectivity index (χ4v) is 3.44. The van der Waals surface area contributed by atoms with Crippen LogP contribution in [0.15, 0.2) is 0 Å². The molecule has 1 saturated carbocycles. The van der Waals surface area contributed by atoms with Crippen LogP contribution in [0.5, 0.6) is 0 Å². The van der Waals surface area contributed by atoms with Gasteiger partial charge >= 0.3 is 0 Å². The van der Waals surface area contributed by atoms with Crippen molar-refractivity contribution in [2.24, 2.45) is 11.8 Å². The highest BCUT2D eigenvalue weighted by molar-refractivity contribution is 6.21. The average Bonchev–Trinajstić information content (AvgIpc) is 2.26. The van der Waals surface area contributed by atoms with E-state index in [1.54, 1.807) is 0 Å². The van der Waals surface area contributed by atoms with Crippen LogP contribution >= 0.6 is 11.6 Å². The summed E-state index contributed by atoms with van der Waals surface area (Å²) in [6.45, 7) is 1.93. The van der Waals surface area contributed by atoms with E-state index in [0.717, 1.165) is 25.9 Å². The first-order chi connectivity index (χ1) is 7.20. The monoisotopic (exact) mass is 235 g/mol. The molecular formula is C11H19ClFNO. The SMILES string of the molecule is OC1CCC(F)C(Cl)C1C1CCNCC1. The second kappa shape index (κ2) is 4.98. The third kappa shape index (κ3) is 2.45. The maximum atomic E-state index is 13.5. The zero-order chi connectivity index (χ0) is 10.8. The summed E-state index contributed by atoms with van der Waals surface area (Å²) in [5.74, 6) is 0.347. The predicted molar refractivity (Wildman–Crippen MR) is 58.9 cm³/mol. The molecule has 2 nitrogen and oxygen atoms in total. The van der Waals surface area contributed by atoms with Gasteiger partial charge < -0.3 is 10.4 Å². The van der Waals surface area contributed by atoms with Gasteiger partial charge in [-0.3, -0.25) is 0 Å². The second-order valence-corrected chi connectivity index (χ2v) is 5.27. The Kier molecular flexibility index (Phi) is 3.86. The number of halogens is 2. The van der Waals surface area contributed by atoms with Gasteiger partial charge in [0.1, 0.15) is 6.17 Å². The van der Waals surface area contributed by atoms with Gasteiger partial charge in [-0.05, 0) is 44.7 Å². The smallest absolute Gasteiger partial charge is 0.117 e. The first kappa shape index (κ1) is 11.6. The summed E-state index contributed by atoms with van der Waals surface area (Å²) in [6.07, 6.45) is 1.67. The van der Waals surface area contributed by atoms with Gasteiger partial charge in [0.25, 0.3) is 0 Å². The van der Waals surface area contributed by atoms with E-state index in [-0.39, 0.29) is 5.92 Å². The number of piperidine rings is 1. The standard InChI is InChI=1S/C11H19ClFNO/c12-11-8(13)1-2-9(15)10(11)7-3-5-14-6-4-7/h7-11,14-15H,1-6H2. The van der Waals surface area contributed by atoms with Gasteiger partial charge in [-0.25, -0.2) is 4.39 Å². The van der Waals surface area contributed by atoms with Gasteiger partial charge in [-0.15, -0.1) is 11.6 Å². The summed E-state index contributed by atoms with van der Waals surface area (Å²) in [4.78, 5) is 0. The summed E-state index contributed by atoms with van der Waals surface area (Å²) >= 11 is 6.11. The molecular weight excluding hydrogens is 217 g/mol. The van der Waals surface area contributed by atoms with Gasteiger partial charge in [-0.2, -0.15) is 0 Å². The molecule has 1 aliphatic heterocycles. The summed E-state index contributed by atoms with van der Waals surface area (Å²) in [5, 5.41) is 12.7. The van der Waals surface area contributed by atoms with Crippen molar-refractivity contribution in [3.8, 4) is 0 Å². The Balaban J connectivity index is 2.02. The first-order valence-corrected chi connectivity index (χ1v) is 6.30. The summed E-state index contributed by atoms with van der Waals surface area (Å²) in [7, 11) is 0. The van der Waals surface area contributed by atoms with Crippen LogP contribution in [0.1, 0.15) is 25.7 Å². The molecule has 2 fully saturated rings. The molecule has 4 atom stereocenters. The summed E-state index contributed by atoms with van der Waals surface area (Å²) in [6, 6.07) is 0. The molecule has 2 rings (SSSR count). The third-order valence-corrected chi connectivity index (χ3v) is 4.39. The Bertz CT molecular complexity index is 211. The van der Waals surface area contributed by atoms with E-state index < -0.39 is 17.7 Å². The summed E-state index contributed by atoms with van der Waals surface area (Å²) < 4.78 is 13.5. The number of nitrogens with one attached hydrogen (secondary N) is 1. The Hall–Kier alpha value is 0.140. The number of aliphatic hydroxyl groups excluding tert-OH is 1. The highest BCUT2D eigenvalue weighted by Gasteiger charge is 2.42. The predicted octanol–water partition coefficient (Wildman–Crippen LogP) is 1.70. The second-order valence-electron chi connectivity index (χ2n) is 4.77. The lowest BCUT2D eigenvalue weighted by molar-refractivity contribution is 0.00419. The minimum absolute atomic E-state index is 0.0440. The fourth-order valence-electron chi connectivity index (χ4n) is 2.94. The maximum Gasteiger partial charge on any atom is 0.117 e. The fraction of sp³-hybridized carbons (Fsp3) is 1.00. The van der Waals surface area contributed by atoms with Crippen LogP contribution in [-0.4, -0.2) is 35.8 Å². The van der Waals surface area contributed by atoms with Crippen molar-refractivity contribution >= 4 is 11.6 Å². The van der Waals surface area contributed by atoms with Crippen molar-refractivity contribution in [3.05, 3.63) is 0 Å². The Morgan fingerprint density at radius 2 is 1.80 bits per heavy atom. The molecule has 4 heteroatoms. The maximum absolute atomic E-state index is 13.5. The normalized spacial score (nSPS) is 44.2. The Morgan fingerprint density at radius 1 is 1.13 bits per heavy atom. The highest BCUT2D eigenvalue weighted by Crippen LogP contribution is 2.39. The molecule has 1 saturated heterocycles. The quantitative estimate of drug-likeness (QED) is 0.679. The lowest BCUT2D eigenvalue weighted by atomic mass is 9.73. The van der Waals surface area contributed by atoms with Crippen molar-refractivity contribution in [2.75, 3.05) is 13.1 Å². The van der Waals surface area contributed by atoms with Crippen LogP contribution in [0.3, 0.4) is 0 Å².